The third-order valence-corrected chi connectivity index (χ3v) is 8.24. The van der Waals surface area contributed by atoms with Crippen molar-refractivity contribution in [3.05, 3.63) is 125 Å². The van der Waals surface area contributed by atoms with Gasteiger partial charge in [-0.2, -0.15) is 18.3 Å². The van der Waals surface area contributed by atoms with E-state index in [2.05, 4.69) is 15.8 Å². The van der Waals surface area contributed by atoms with Gasteiger partial charge in [-0.05, 0) is 65.7 Å². The van der Waals surface area contributed by atoms with E-state index >= 15 is 0 Å². The average Bonchev–Trinajstić information content (AvgIpc) is 3.03. The third-order valence-electron chi connectivity index (χ3n) is 6.15. The fourth-order valence-electron chi connectivity index (χ4n) is 3.89. The molecule has 0 unspecified atom stereocenters. The molecule has 4 rings (SSSR count). The molecule has 0 spiro atoms. The van der Waals surface area contributed by atoms with Gasteiger partial charge in [0, 0.05) is 6.54 Å². The summed E-state index contributed by atoms with van der Waals surface area (Å²) < 4.78 is 73.1. The largest absolute Gasteiger partial charge is 0.484 e. The Bertz CT molecular complexity index is 1760. The van der Waals surface area contributed by atoms with Gasteiger partial charge in [0.15, 0.2) is 6.61 Å². The average molecular weight is 659 g/mol. The number of rotatable bonds is 12. The minimum absolute atomic E-state index is 0.200. The molecule has 2 N–H and O–H groups in total. The van der Waals surface area contributed by atoms with Crippen LogP contribution in [0.4, 0.5) is 18.9 Å². The highest BCUT2D eigenvalue weighted by Crippen LogP contribution is 2.37. The van der Waals surface area contributed by atoms with Crippen LogP contribution in [0.1, 0.15) is 16.7 Å². The van der Waals surface area contributed by atoms with Gasteiger partial charge in [-0.25, -0.2) is 13.8 Å². The minimum atomic E-state index is -4.79. The summed E-state index contributed by atoms with van der Waals surface area (Å²) >= 11 is 6.13. The van der Waals surface area contributed by atoms with Crippen LogP contribution >= 0.6 is 11.6 Å². The first-order chi connectivity index (χ1) is 21.4. The van der Waals surface area contributed by atoms with Crippen LogP contribution in [0.15, 0.2) is 113 Å². The molecule has 0 heterocycles. The van der Waals surface area contributed by atoms with Gasteiger partial charge in [0.2, 0.25) is 0 Å². The highest BCUT2D eigenvalue weighted by molar-refractivity contribution is 7.92. The zero-order valence-electron chi connectivity index (χ0n) is 23.4. The number of anilines is 1. The molecule has 4 aromatic rings. The van der Waals surface area contributed by atoms with Gasteiger partial charge in [-0.15, -0.1) is 0 Å². The number of hydrogen-bond acceptors (Lipinski definition) is 6. The number of carbonyl (C=O) groups is 2. The van der Waals surface area contributed by atoms with Crippen LogP contribution in [0.2, 0.25) is 5.02 Å². The van der Waals surface area contributed by atoms with Gasteiger partial charge in [0.05, 0.1) is 27.4 Å². The lowest BCUT2D eigenvalue weighted by molar-refractivity contribution is -0.137. The normalized spacial score (nSPS) is 11.6. The SMILES string of the molecule is O=C(COc1ccc(/C=N/NC(=O)CN(c2cc(C(F)(F)F)ccc2Cl)S(=O)(=O)c2ccccc2)cc1)NCc1ccccc1. The van der Waals surface area contributed by atoms with Gasteiger partial charge in [0.1, 0.15) is 12.3 Å². The fraction of sp³-hybridized carbons (Fsp3) is 0.129. The van der Waals surface area contributed by atoms with Crippen molar-refractivity contribution in [2.24, 2.45) is 5.10 Å². The number of nitrogens with zero attached hydrogens (tertiary/aromatic N) is 2. The molecule has 2 amide bonds. The molecule has 4 aromatic carbocycles. The van der Waals surface area contributed by atoms with Crippen molar-refractivity contribution < 1.29 is 35.9 Å². The van der Waals surface area contributed by atoms with Crippen LogP contribution in [0.3, 0.4) is 0 Å². The number of ether oxygens (including phenoxy) is 1. The predicted molar refractivity (Wildman–Crippen MR) is 163 cm³/mol. The maximum Gasteiger partial charge on any atom is 0.416 e. The lowest BCUT2D eigenvalue weighted by Gasteiger charge is -2.25. The first-order valence-corrected chi connectivity index (χ1v) is 15.1. The Morgan fingerprint density at radius 3 is 2.18 bits per heavy atom. The summed E-state index contributed by atoms with van der Waals surface area (Å²) in [5.41, 5.74) is 1.97. The second-order valence-electron chi connectivity index (χ2n) is 9.40. The first kappa shape index (κ1) is 33.0. The Kier molecular flexibility index (Phi) is 10.8. The Balaban J connectivity index is 1.39. The molecule has 0 atom stereocenters. The summed E-state index contributed by atoms with van der Waals surface area (Å²) in [6, 6.07) is 24.8. The molecule has 234 valence electrons. The van der Waals surface area contributed by atoms with E-state index in [-0.39, 0.29) is 22.4 Å². The van der Waals surface area contributed by atoms with E-state index < -0.39 is 39.9 Å². The first-order valence-electron chi connectivity index (χ1n) is 13.2. The van der Waals surface area contributed by atoms with E-state index in [1.165, 1.54) is 30.5 Å². The van der Waals surface area contributed by atoms with E-state index in [0.717, 1.165) is 11.6 Å². The van der Waals surface area contributed by atoms with Gasteiger partial charge in [-0.1, -0.05) is 60.1 Å². The Morgan fingerprint density at radius 2 is 1.53 bits per heavy atom. The van der Waals surface area contributed by atoms with Crippen LogP contribution in [0, 0.1) is 0 Å². The highest BCUT2D eigenvalue weighted by atomic mass is 35.5. The number of halogens is 4. The number of alkyl halides is 3. The van der Waals surface area contributed by atoms with Crippen molar-refractivity contribution in [2.75, 3.05) is 17.5 Å². The second kappa shape index (κ2) is 14.7. The van der Waals surface area contributed by atoms with E-state index in [1.54, 1.807) is 30.3 Å². The smallest absolute Gasteiger partial charge is 0.416 e. The van der Waals surface area contributed by atoms with Crippen LogP contribution in [-0.2, 0) is 32.3 Å². The molecule has 0 aromatic heterocycles. The lowest BCUT2D eigenvalue weighted by Crippen LogP contribution is -2.40. The maximum atomic E-state index is 13.4. The van der Waals surface area contributed by atoms with E-state index in [0.29, 0.717) is 34.3 Å². The van der Waals surface area contributed by atoms with Crippen LogP contribution in [-0.4, -0.2) is 39.6 Å². The van der Waals surface area contributed by atoms with E-state index in [1.807, 2.05) is 30.3 Å². The molecule has 0 saturated heterocycles. The summed E-state index contributed by atoms with van der Waals surface area (Å²) in [5.74, 6) is -0.839. The van der Waals surface area contributed by atoms with Crippen molar-refractivity contribution >= 4 is 45.3 Å². The van der Waals surface area contributed by atoms with Crippen molar-refractivity contribution in [3.63, 3.8) is 0 Å². The zero-order chi connectivity index (χ0) is 32.5. The van der Waals surface area contributed by atoms with Crippen LogP contribution in [0.5, 0.6) is 5.75 Å². The fourth-order valence-corrected chi connectivity index (χ4v) is 5.61. The van der Waals surface area contributed by atoms with Gasteiger partial charge in [-0.3, -0.25) is 13.9 Å². The number of hydrogen-bond donors (Lipinski definition) is 2. The topological polar surface area (TPSA) is 117 Å². The summed E-state index contributed by atoms with van der Waals surface area (Å²) in [4.78, 5) is 24.6. The molecule has 0 fully saturated rings. The van der Waals surface area contributed by atoms with E-state index in [9.17, 15) is 31.2 Å². The van der Waals surface area contributed by atoms with Crippen molar-refractivity contribution in [1.82, 2.24) is 10.7 Å². The van der Waals surface area contributed by atoms with Crippen molar-refractivity contribution in [3.8, 4) is 5.75 Å². The van der Waals surface area contributed by atoms with Gasteiger partial charge < -0.3 is 10.1 Å². The van der Waals surface area contributed by atoms with Crippen molar-refractivity contribution in [2.45, 2.75) is 17.6 Å². The number of hydrazone groups is 1. The zero-order valence-corrected chi connectivity index (χ0v) is 24.9. The Labute approximate surface area is 262 Å². The molecule has 0 bridgehead atoms. The molecule has 14 heteroatoms. The summed E-state index contributed by atoms with van der Waals surface area (Å²) in [7, 11) is -4.52. The predicted octanol–water partition coefficient (Wildman–Crippen LogP) is 5.40. The van der Waals surface area contributed by atoms with Crippen LogP contribution in [0.25, 0.3) is 0 Å². The molecule has 9 nitrogen and oxygen atoms in total. The van der Waals surface area contributed by atoms with Crippen LogP contribution < -0.4 is 19.8 Å². The minimum Gasteiger partial charge on any atom is -0.484 e. The maximum absolute atomic E-state index is 13.4. The lowest BCUT2D eigenvalue weighted by atomic mass is 10.2. The number of sulfonamides is 1. The summed E-state index contributed by atoms with van der Waals surface area (Å²) in [6.07, 6.45) is -3.52. The molecule has 0 aliphatic carbocycles. The molecule has 0 aliphatic rings. The monoisotopic (exact) mass is 658 g/mol. The number of amides is 2. The summed E-state index contributed by atoms with van der Waals surface area (Å²) in [5, 5.41) is 6.25. The molecular weight excluding hydrogens is 633 g/mol. The molecular formula is C31H26ClF3N4O5S. The standard InChI is InChI=1S/C31H26ClF3N4O5S/c32-27-16-13-24(31(33,34)35)17-28(27)39(45(42,43)26-9-5-2-6-10-26)20-29(40)38-37-19-23-11-14-25(15-12-23)44-21-30(41)36-18-22-7-3-1-4-8-22/h1-17,19H,18,20-21H2,(H,36,41)(H,38,40)/b37-19+. The van der Waals surface area contributed by atoms with Gasteiger partial charge >= 0.3 is 6.18 Å². The Hall–Kier alpha value is -4.88. The Morgan fingerprint density at radius 1 is 0.889 bits per heavy atom. The molecule has 45 heavy (non-hydrogen) atoms. The third kappa shape index (κ3) is 9.30. The number of nitrogens with one attached hydrogen (secondary N) is 2. The summed E-state index contributed by atoms with van der Waals surface area (Å²) in [6.45, 7) is -0.754. The molecule has 0 radical (unpaired) electrons. The van der Waals surface area contributed by atoms with Gasteiger partial charge in [0.25, 0.3) is 21.8 Å². The van der Waals surface area contributed by atoms with E-state index in [4.69, 9.17) is 16.3 Å². The number of benzene rings is 4. The highest BCUT2D eigenvalue weighted by Gasteiger charge is 2.34. The number of carbonyl (C=O) groups excluding carboxylic acids is 2. The quantitative estimate of drug-likeness (QED) is 0.156. The van der Waals surface area contributed by atoms with Crippen molar-refractivity contribution in [1.29, 1.82) is 0 Å². The second-order valence-corrected chi connectivity index (χ2v) is 11.7. The molecule has 0 saturated carbocycles. The molecule has 0 aliphatic heterocycles.